The number of nitrogens with zero attached hydrogens (tertiary/aromatic N) is 4. The van der Waals surface area contributed by atoms with E-state index in [0.29, 0.717) is 12.5 Å². The fraction of sp³-hybridized carbons (Fsp3) is 0.355. The summed E-state index contributed by atoms with van der Waals surface area (Å²) in [7, 11) is 0. The van der Waals surface area contributed by atoms with Gasteiger partial charge in [0.15, 0.2) is 0 Å². The summed E-state index contributed by atoms with van der Waals surface area (Å²) >= 11 is 0. The van der Waals surface area contributed by atoms with Crippen LogP contribution in [0.3, 0.4) is 0 Å². The summed E-state index contributed by atoms with van der Waals surface area (Å²) in [6, 6.07) is 20.8. The molecule has 0 N–H and O–H groups in total. The highest BCUT2D eigenvalue weighted by atomic mass is 16.2. The molecule has 37 heavy (non-hydrogen) atoms. The number of amidine groups is 1. The minimum atomic E-state index is -0.779. The van der Waals surface area contributed by atoms with Crippen LogP contribution < -0.4 is 0 Å². The first kappa shape index (κ1) is 23.6. The second-order valence-electron chi connectivity index (χ2n) is 11.0. The van der Waals surface area contributed by atoms with Gasteiger partial charge in [-0.1, -0.05) is 48.5 Å². The Morgan fingerprint density at radius 2 is 1.38 bits per heavy atom. The second kappa shape index (κ2) is 9.25. The van der Waals surface area contributed by atoms with Crippen LogP contribution in [0.15, 0.2) is 78.0 Å². The minimum absolute atomic E-state index is 0.0326. The van der Waals surface area contributed by atoms with Gasteiger partial charge in [0.05, 0.1) is 0 Å². The second-order valence-corrected chi connectivity index (χ2v) is 11.0. The maximum absolute atomic E-state index is 13.3. The van der Waals surface area contributed by atoms with Crippen molar-refractivity contribution >= 4 is 17.6 Å². The van der Waals surface area contributed by atoms with Gasteiger partial charge in [-0.3, -0.25) is 24.5 Å². The van der Waals surface area contributed by atoms with Crippen molar-refractivity contribution in [2.24, 2.45) is 16.8 Å². The average molecular weight is 493 g/mol. The number of benzene rings is 2. The summed E-state index contributed by atoms with van der Waals surface area (Å²) in [5.41, 5.74) is 4.72. The number of pyridine rings is 1. The Labute approximate surface area is 218 Å². The Kier molecular flexibility index (Phi) is 5.90. The van der Waals surface area contributed by atoms with Gasteiger partial charge in [0.1, 0.15) is 11.4 Å². The first-order valence-electron chi connectivity index (χ1n) is 13.2. The van der Waals surface area contributed by atoms with Crippen molar-refractivity contribution in [2.75, 3.05) is 19.6 Å². The molecule has 3 heterocycles. The van der Waals surface area contributed by atoms with Crippen molar-refractivity contribution in [3.63, 3.8) is 0 Å². The van der Waals surface area contributed by atoms with E-state index < -0.39 is 5.54 Å². The molecule has 1 saturated heterocycles. The molecule has 3 aromatic rings. The molecule has 6 heteroatoms. The Bertz CT molecular complexity index is 1340. The SMILES string of the molecule is CC1(C)N=C(c2ccc(-c3ccc(-c4ccncc4)cc3)cc2)N(CC2CCN(C(=O)C3CC3)C2)C1=O. The van der Waals surface area contributed by atoms with Gasteiger partial charge >= 0.3 is 0 Å². The normalized spacial score (nSPS) is 20.9. The van der Waals surface area contributed by atoms with Crippen LogP contribution in [0.5, 0.6) is 0 Å². The average Bonchev–Trinajstić information content (AvgIpc) is 3.63. The van der Waals surface area contributed by atoms with Crippen molar-refractivity contribution in [3.8, 4) is 22.3 Å². The fourth-order valence-corrected chi connectivity index (χ4v) is 5.43. The summed E-state index contributed by atoms with van der Waals surface area (Å²) in [5, 5.41) is 0. The van der Waals surface area contributed by atoms with Crippen LogP contribution >= 0.6 is 0 Å². The van der Waals surface area contributed by atoms with Crippen molar-refractivity contribution in [1.82, 2.24) is 14.8 Å². The van der Waals surface area contributed by atoms with Gasteiger partial charge in [0.2, 0.25) is 5.91 Å². The summed E-state index contributed by atoms with van der Waals surface area (Å²) in [5.74, 6) is 1.60. The molecule has 1 saturated carbocycles. The maximum Gasteiger partial charge on any atom is 0.255 e. The Morgan fingerprint density at radius 3 is 1.95 bits per heavy atom. The number of carbonyl (C=O) groups excluding carboxylic acids is 2. The molecule has 2 aromatic carbocycles. The van der Waals surface area contributed by atoms with Crippen LogP contribution in [0, 0.1) is 11.8 Å². The third-order valence-electron chi connectivity index (χ3n) is 7.75. The number of amides is 2. The molecule has 1 aliphatic carbocycles. The molecular formula is C31H32N4O2. The molecule has 3 aliphatic rings. The van der Waals surface area contributed by atoms with Crippen molar-refractivity contribution in [3.05, 3.63) is 78.6 Å². The molecule has 188 valence electrons. The van der Waals surface area contributed by atoms with Crippen LogP contribution in [0.2, 0.25) is 0 Å². The highest BCUT2D eigenvalue weighted by Crippen LogP contribution is 2.34. The van der Waals surface area contributed by atoms with Gasteiger partial charge in [-0.15, -0.1) is 0 Å². The van der Waals surface area contributed by atoms with Crippen LogP contribution in [-0.2, 0) is 9.59 Å². The molecule has 2 aliphatic heterocycles. The van der Waals surface area contributed by atoms with Crippen LogP contribution in [-0.4, -0.2) is 57.6 Å². The molecule has 6 rings (SSSR count). The van der Waals surface area contributed by atoms with E-state index in [-0.39, 0.29) is 17.7 Å². The highest BCUT2D eigenvalue weighted by molar-refractivity contribution is 6.15. The lowest BCUT2D eigenvalue weighted by Crippen LogP contribution is -2.42. The Hall–Kier alpha value is -3.80. The van der Waals surface area contributed by atoms with Crippen molar-refractivity contribution in [1.29, 1.82) is 0 Å². The standard InChI is InChI=1S/C31H32N4O2/c1-31(2)30(37)35(20-21-15-18-34(19-21)29(36)27-11-12-27)28(33-31)26-9-7-23(8-10-26)22-3-5-24(6-4-22)25-13-16-32-17-14-25/h3-10,13-14,16-17,21,27H,11-12,15,18-20H2,1-2H3. The van der Waals surface area contributed by atoms with E-state index in [1.54, 1.807) is 12.4 Å². The molecule has 0 bridgehead atoms. The van der Waals surface area contributed by atoms with Crippen molar-refractivity contribution < 1.29 is 9.59 Å². The van der Waals surface area contributed by atoms with E-state index in [2.05, 4.69) is 53.5 Å². The van der Waals surface area contributed by atoms with E-state index in [0.717, 1.165) is 66.0 Å². The van der Waals surface area contributed by atoms with Gasteiger partial charge in [0.25, 0.3) is 5.91 Å². The molecular weight excluding hydrogens is 460 g/mol. The molecule has 6 nitrogen and oxygen atoms in total. The fourth-order valence-electron chi connectivity index (χ4n) is 5.43. The van der Waals surface area contributed by atoms with E-state index in [1.165, 1.54) is 0 Å². The third kappa shape index (κ3) is 4.68. The van der Waals surface area contributed by atoms with Gasteiger partial charge < -0.3 is 4.90 Å². The van der Waals surface area contributed by atoms with Crippen LogP contribution in [0.1, 0.15) is 38.7 Å². The largest absolute Gasteiger partial charge is 0.342 e. The predicted molar refractivity (Wildman–Crippen MR) is 145 cm³/mol. The van der Waals surface area contributed by atoms with E-state index in [9.17, 15) is 9.59 Å². The molecule has 2 amide bonds. The van der Waals surface area contributed by atoms with Gasteiger partial charge in [-0.25, -0.2) is 0 Å². The van der Waals surface area contributed by atoms with Crippen molar-refractivity contribution in [2.45, 2.75) is 38.6 Å². The first-order chi connectivity index (χ1) is 17.9. The summed E-state index contributed by atoms with van der Waals surface area (Å²) in [4.78, 5) is 38.6. The lowest BCUT2D eigenvalue weighted by atomic mass is 9.99. The van der Waals surface area contributed by atoms with Crippen LogP contribution in [0.4, 0.5) is 0 Å². The lowest BCUT2D eigenvalue weighted by Gasteiger charge is -2.24. The van der Waals surface area contributed by atoms with Gasteiger partial charge in [-0.05, 0) is 73.4 Å². The molecule has 1 atom stereocenters. The molecule has 1 unspecified atom stereocenters. The Morgan fingerprint density at radius 1 is 0.838 bits per heavy atom. The summed E-state index contributed by atoms with van der Waals surface area (Å²) in [6.07, 6.45) is 6.60. The zero-order valence-corrected chi connectivity index (χ0v) is 21.4. The Balaban J connectivity index is 1.18. The predicted octanol–water partition coefficient (Wildman–Crippen LogP) is 5.04. The lowest BCUT2D eigenvalue weighted by molar-refractivity contribution is -0.131. The smallest absolute Gasteiger partial charge is 0.255 e. The first-order valence-corrected chi connectivity index (χ1v) is 13.2. The monoisotopic (exact) mass is 492 g/mol. The molecule has 0 spiro atoms. The van der Waals surface area contributed by atoms with E-state index in [1.807, 2.05) is 35.8 Å². The molecule has 1 aromatic heterocycles. The summed E-state index contributed by atoms with van der Waals surface area (Å²) < 4.78 is 0. The number of aromatic nitrogens is 1. The topological polar surface area (TPSA) is 65.9 Å². The zero-order valence-electron chi connectivity index (χ0n) is 21.4. The quantitative estimate of drug-likeness (QED) is 0.484. The number of rotatable bonds is 6. The zero-order chi connectivity index (χ0) is 25.6. The minimum Gasteiger partial charge on any atom is -0.342 e. The van der Waals surface area contributed by atoms with Gasteiger partial charge in [-0.2, -0.15) is 0 Å². The third-order valence-corrected chi connectivity index (χ3v) is 7.75. The van der Waals surface area contributed by atoms with E-state index >= 15 is 0 Å². The number of carbonyl (C=O) groups is 2. The number of aliphatic imine (C=N–C) groups is 1. The highest BCUT2D eigenvalue weighted by Gasteiger charge is 2.43. The number of likely N-dealkylation sites (tertiary alicyclic amines) is 1. The van der Waals surface area contributed by atoms with Gasteiger partial charge in [0, 0.05) is 43.5 Å². The van der Waals surface area contributed by atoms with E-state index in [4.69, 9.17) is 4.99 Å². The number of hydrogen-bond donors (Lipinski definition) is 0. The maximum atomic E-state index is 13.3. The number of hydrogen-bond acceptors (Lipinski definition) is 4. The van der Waals surface area contributed by atoms with Crippen LogP contribution in [0.25, 0.3) is 22.3 Å². The summed E-state index contributed by atoms with van der Waals surface area (Å²) in [6.45, 7) is 5.90. The molecule has 2 fully saturated rings. The molecule has 0 radical (unpaired) electrons.